The van der Waals surface area contributed by atoms with Gasteiger partial charge in [-0.2, -0.15) is 0 Å². The van der Waals surface area contributed by atoms with E-state index in [0.29, 0.717) is 0 Å². The first-order valence-corrected chi connectivity index (χ1v) is 32.0. The molecule has 0 saturated heterocycles. The van der Waals surface area contributed by atoms with Crippen molar-refractivity contribution in [3.05, 3.63) is 328 Å². The van der Waals surface area contributed by atoms with E-state index in [4.69, 9.17) is 19.9 Å². The Bertz CT molecular complexity index is 6020. The van der Waals surface area contributed by atoms with Gasteiger partial charge in [-0.1, -0.05) is 255 Å². The summed E-state index contributed by atoms with van der Waals surface area (Å²) in [5.74, 6) is 0. The maximum atomic E-state index is 5.32. The Balaban J connectivity index is 0.000000133. The van der Waals surface area contributed by atoms with E-state index in [0.717, 1.165) is 76.9 Å². The first-order valence-electron chi connectivity index (χ1n) is 32.0. The third kappa shape index (κ3) is 8.36. The number of rotatable bonds is 6. The molecule has 0 spiro atoms. The molecule has 94 heavy (non-hydrogen) atoms. The minimum absolute atomic E-state index is 0.877. The van der Waals surface area contributed by atoms with Crippen molar-refractivity contribution in [2.45, 2.75) is 0 Å². The van der Waals surface area contributed by atoms with E-state index in [1.807, 2.05) is 12.4 Å². The van der Waals surface area contributed by atoms with Crippen LogP contribution in [0.4, 0.5) is 0 Å². The van der Waals surface area contributed by atoms with E-state index in [-0.39, 0.29) is 0 Å². The number of hydrogen-bond acceptors (Lipinski definition) is 4. The van der Waals surface area contributed by atoms with Crippen LogP contribution in [0, 0.1) is 0 Å². The van der Waals surface area contributed by atoms with Gasteiger partial charge in [-0.25, -0.2) is 9.97 Å². The Morgan fingerprint density at radius 2 is 0.468 bits per heavy atom. The highest BCUT2D eigenvalue weighted by atomic mass is 15.0. The van der Waals surface area contributed by atoms with Crippen molar-refractivity contribution in [1.82, 2.24) is 29.1 Å². The first-order chi connectivity index (χ1) is 46.7. The zero-order chi connectivity index (χ0) is 61.8. The van der Waals surface area contributed by atoms with Crippen LogP contribution in [0.5, 0.6) is 0 Å². The van der Waals surface area contributed by atoms with Crippen molar-refractivity contribution >= 4 is 130 Å². The highest BCUT2D eigenvalue weighted by molar-refractivity contribution is 6.25. The Morgan fingerprint density at radius 3 is 0.840 bits per heavy atom. The summed E-state index contributed by atoms with van der Waals surface area (Å²) in [5.41, 5.74) is 19.6. The molecule has 20 rings (SSSR count). The summed E-state index contributed by atoms with van der Waals surface area (Å²) in [6.45, 7) is 0. The van der Waals surface area contributed by atoms with Crippen LogP contribution in [0.2, 0.25) is 0 Å². The summed E-state index contributed by atoms with van der Waals surface area (Å²) in [6.07, 6.45) is 3.88. The minimum Gasteiger partial charge on any atom is -0.309 e. The highest BCUT2D eigenvalue weighted by Crippen LogP contribution is 2.44. The lowest BCUT2D eigenvalue weighted by Crippen LogP contribution is -1.94. The SMILES string of the molecule is c1ccc(-n2c3ccccc3c3cc(-c4ccc(-c5cnc6c7ccccc7c7ccccc7c6n5)c5ccccc45)ccc32)cc1.c1ccc(-n2c3ccccc3c3cc(-c4ccc(-c5cnc6c7ccccc7c7ccccc7c6n5)c5ccccc45)ccc32)cc1. The van der Waals surface area contributed by atoms with Gasteiger partial charge in [-0.15, -0.1) is 0 Å². The molecule has 0 radical (unpaired) electrons. The number of hydrogen-bond donors (Lipinski definition) is 0. The van der Waals surface area contributed by atoms with E-state index in [2.05, 4.69) is 325 Å². The molecule has 0 saturated carbocycles. The fourth-order valence-corrected chi connectivity index (χ4v) is 15.0. The Labute approximate surface area is 540 Å². The van der Waals surface area contributed by atoms with Gasteiger partial charge >= 0.3 is 0 Å². The zero-order valence-corrected chi connectivity index (χ0v) is 50.9. The van der Waals surface area contributed by atoms with Crippen molar-refractivity contribution in [1.29, 1.82) is 0 Å². The molecule has 16 aromatic carbocycles. The van der Waals surface area contributed by atoms with Crippen molar-refractivity contribution < 1.29 is 0 Å². The van der Waals surface area contributed by atoms with Crippen LogP contribution in [0.1, 0.15) is 0 Å². The fraction of sp³-hybridized carbons (Fsp3) is 0. The van der Waals surface area contributed by atoms with E-state index in [1.54, 1.807) is 0 Å². The third-order valence-corrected chi connectivity index (χ3v) is 19.3. The summed E-state index contributed by atoms with van der Waals surface area (Å²) in [7, 11) is 0. The lowest BCUT2D eigenvalue weighted by molar-refractivity contribution is 1.18. The normalized spacial score (nSPS) is 11.8. The van der Waals surface area contributed by atoms with Crippen LogP contribution in [0.15, 0.2) is 328 Å². The van der Waals surface area contributed by atoms with Crippen LogP contribution in [0.25, 0.3) is 186 Å². The molecule has 0 atom stereocenters. The van der Waals surface area contributed by atoms with Crippen LogP contribution in [0.3, 0.4) is 0 Å². The van der Waals surface area contributed by atoms with Crippen molar-refractivity contribution in [2.24, 2.45) is 0 Å². The zero-order valence-electron chi connectivity index (χ0n) is 50.9. The smallest absolute Gasteiger partial charge is 0.0979 e. The molecule has 0 unspecified atom stereocenters. The van der Waals surface area contributed by atoms with Gasteiger partial charge in [-0.3, -0.25) is 9.97 Å². The molecule has 4 aromatic heterocycles. The molecule has 0 aliphatic rings. The summed E-state index contributed by atoms with van der Waals surface area (Å²) in [6, 6.07) is 113. The largest absolute Gasteiger partial charge is 0.309 e. The lowest BCUT2D eigenvalue weighted by Gasteiger charge is -2.14. The van der Waals surface area contributed by atoms with E-state index in [9.17, 15) is 0 Å². The van der Waals surface area contributed by atoms with Gasteiger partial charge in [0.15, 0.2) is 0 Å². The highest BCUT2D eigenvalue weighted by Gasteiger charge is 2.21. The second-order valence-corrected chi connectivity index (χ2v) is 24.3. The predicted molar refractivity (Wildman–Crippen MR) is 395 cm³/mol. The maximum absolute atomic E-state index is 5.32. The van der Waals surface area contributed by atoms with Gasteiger partial charge in [0.05, 0.1) is 67.9 Å². The molecule has 0 amide bonds. The van der Waals surface area contributed by atoms with E-state index >= 15 is 0 Å². The average Bonchev–Trinajstić information content (AvgIpc) is 1.31. The van der Waals surface area contributed by atoms with Crippen LogP contribution >= 0.6 is 0 Å². The fourth-order valence-electron chi connectivity index (χ4n) is 15.0. The predicted octanol–water partition coefficient (Wildman–Crippen LogP) is 23.0. The van der Waals surface area contributed by atoms with E-state index in [1.165, 1.54) is 110 Å². The molecule has 0 N–H and O–H groups in total. The molecule has 4 heterocycles. The molecule has 0 aliphatic heterocycles. The quantitative estimate of drug-likeness (QED) is 0.156. The topological polar surface area (TPSA) is 61.4 Å². The second kappa shape index (κ2) is 21.5. The standard InChI is InChI=1S/2C44H27N3/c2*1-2-12-29(13-3-1)47-41-21-11-10-18-36(41)39-26-28(22-25-42(39)47)30-23-24-35(32-15-5-4-14-31(30)32)40-27-45-43-37-19-8-6-16-33(37)34-17-7-9-20-38(34)44(43)46-40/h2*1-27H. The Morgan fingerprint density at radius 1 is 0.191 bits per heavy atom. The number of aromatic nitrogens is 6. The molecule has 0 fully saturated rings. The Hall–Kier alpha value is -12.6. The molecule has 436 valence electrons. The average molecular weight is 1200 g/mol. The van der Waals surface area contributed by atoms with Gasteiger partial charge in [0, 0.05) is 65.6 Å². The Kier molecular flexibility index (Phi) is 12.2. The maximum Gasteiger partial charge on any atom is 0.0979 e. The van der Waals surface area contributed by atoms with Gasteiger partial charge in [0.25, 0.3) is 0 Å². The summed E-state index contributed by atoms with van der Waals surface area (Å²) in [4.78, 5) is 20.7. The molecule has 6 nitrogen and oxygen atoms in total. The summed E-state index contributed by atoms with van der Waals surface area (Å²) in [5, 5.41) is 19.0. The lowest BCUT2D eigenvalue weighted by atomic mass is 9.93. The molecular weight excluding hydrogens is 1140 g/mol. The van der Waals surface area contributed by atoms with Gasteiger partial charge in [-0.05, 0) is 126 Å². The van der Waals surface area contributed by atoms with E-state index < -0.39 is 0 Å². The monoisotopic (exact) mass is 1190 g/mol. The minimum atomic E-state index is 0.877. The number of benzene rings is 16. The summed E-state index contributed by atoms with van der Waals surface area (Å²) < 4.78 is 4.72. The van der Waals surface area contributed by atoms with Crippen LogP contribution in [-0.2, 0) is 0 Å². The molecule has 6 heteroatoms. The number of fused-ring (bicyclic) bond motifs is 20. The summed E-state index contributed by atoms with van der Waals surface area (Å²) >= 11 is 0. The van der Waals surface area contributed by atoms with Crippen LogP contribution < -0.4 is 0 Å². The second-order valence-electron chi connectivity index (χ2n) is 24.3. The van der Waals surface area contributed by atoms with Gasteiger partial charge < -0.3 is 9.13 Å². The van der Waals surface area contributed by atoms with Crippen LogP contribution in [-0.4, -0.2) is 29.1 Å². The molecule has 0 aliphatic carbocycles. The van der Waals surface area contributed by atoms with Gasteiger partial charge in [0.1, 0.15) is 0 Å². The van der Waals surface area contributed by atoms with Gasteiger partial charge in [0.2, 0.25) is 0 Å². The number of nitrogens with zero attached hydrogens (tertiary/aromatic N) is 6. The molecule has 0 bridgehead atoms. The van der Waals surface area contributed by atoms with Crippen molar-refractivity contribution in [2.75, 3.05) is 0 Å². The third-order valence-electron chi connectivity index (χ3n) is 19.3. The molecule has 20 aromatic rings. The first kappa shape index (κ1) is 53.2. The van der Waals surface area contributed by atoms with Crippen molar-refractivity contribution in [3.8, 4) is 56.1 Å². The number of para-hydroxylation sites is 4. The van der Waals surface area contributed by atoms with Crippen molar-refractivity contribution in [3.63, 3.8) is 0 Å². The molecular formula is C88H54N6.